The molecule has 0 radical (unpaired) electrons. The van der Waals surface area contributed by atoms with E-state index in [0.29, 0.717) is 17.5 Å². The standard InChI is InChI=1S/C15H26OS/c17-14-10-12-8-4-5-9-13(12)16-15(14)11-6-2-1-3-7-11/h11-15,17H,1-10H2. The number of thiol groups is 1. The second kappa shape index (κ2) is 5.52. The molecule has 0 aromatic carbocycles. The van der Waals surface area contributed by atoms with Gasteiger partial charge in [-0.3, -0.25) is 0 Å². The summed E-state index contributed by atoms with van der Waals surface area (Å²) in [5, 5.41) is 0.512. The van der Waals surface area contributed by atoms with E-state index in [9.17, 15) is 0 Å². The van der Waals surface area contributed by atoms with E-state index in [-0.39, 0.29) is 0 Å². The molecule has 3 aliphatic rings. The zero-order valence-electron chi connectivity index (χ0n) is 10.8. The zero-order valence-corrected chi connectivity index (χ0v) is 11.7. The third kappa shape index (κ3) is 2.68. The molecule has 1 nitrogen and oxygen atoms in total. The minimum absolute atomic E-state index is 0.470. The van der Waals surface area contributed by atoms with Crippen molar-refractivity contribution in [1.29, 1.82) is 0 Å². The molecule has 3 fully saturated rings. The van der Waals surface area contributed by atoms with E-state index in [2.05, 4.69) is 0 Å². The minimum Gasteiger partial charge on any atom is -0.373 e. The van der Waals surface area contributed by atoms with Gasteiger partial charge in [0, 0.05) is 5.25 Å². The van der Waals surface area contributed by atoms with E-state index in [1.165, 1.54) is 64.2 Å². The molecule has 1 heterocycles. The fourth-order valence-corrected chi connectivity index (χ4v) is 4.83. The highest BCUT2D eigenvalue weighted by molar-refractivity contribution is 7.81. The molecule has 2 saturated carbocycles. The van der Waals surface area contributed by atoms with Gasteiger partial charge in [0.2, 0.25) is 0 Å². The van der Waals surface area contributed by atoms with E-state index in [1.807, 2.05) is 0 Å². The minimum atomic E-state index is 0.470. The normalized spacial score (nSPS) is 44.3. The summed E-state index contributed by atoms with van der Waals surface area (Å²) in [6.07, 6.45) is 14.9. The van der Waals surface area contributed by atoms with Gasteiger partial charge in [0.15, 0.2) is 0 Å². The first-order chi connectivity index (χ1) is 8.34. The summed E-state index contributed by atoms with van der Waals surface area (Å²) in [5.41, 5.74) is 0. The van der Waals surface area contributed by atoms with Gasteiger partial charge in [-0.2, -0.15) is 12.6 Å². The molecule has 0 bridgehead atoms. The first-order valence-corrected chi connectivity index (χ1v) is 8.20. The predicted molar refractivity (Wildman–Crippen MR) is 74.6 cm³/mol. The molecule has 98 valence electrons. The van der Waals surface area contributed by atoms with Crippen LogP contribution in [0.4, 0.5) is 0 Å². The third-order valence-corrected chi connectivity index (χ3v) is 5.71. The van der Waals surface area contributed by atoms with Crippen LogP contribution in [0.3, 0.4) is 0 Å². The van der Waals surface area contributed by atoms with Gasteiger partial charge in [-0.1, -0.05) is 32.1 Å². The second-order valence-electron chi connectivity index (χ2n) is 6.38. The molecule has 1 aliphatic heterocycles. The summed E-state index contributed by atoms with van der Waals surface area (Å²) in [7, 11) is 0. The number of fused-ring (bicyclic) bond motifs is 1. The van der Waals surface area contributed by atoms with Crippen LogP contribution in [0.15, 0.2) is 0 Å². The summed E-state index contributed by atoms with van der Waals surface area (Å²) < 4.78 is 6.47. The summed E-state index contributed by atoms with van der Waals surface area (Å²) in [6.45, 7) is 0. The Morgan fingerprint density at radius 2 is 1.41 bits per heavy atom. The van der Waals surface area contributed by atoms with Crippen molar-refractivity contribution in [2.24, 2.45) is 11.8 Å². The fraction of sp³-hybridized carbons (Fsp3) is 1.00. The lowest BCUT2D eigenvalue weighted by Crippen LogP contribution is -2.47. The largest absolute Gasteiger partial charge is 0.373 e. The van der Waals surface area contributed by atoms with E-state index in [0.717, 1.165) is 11.8 Å². The molecule has 4 atom stereocenters. The lowest BCUT2D eigenvalue weighted by molar-refractivity contribution is -0.120. The molecule has 3 rings (SSSR count). The van der Waals surface area contributed by atoms with Crippen molar-refractivity contribution in [2.75, 3.05) is 0 Å². The molecule has 17 heavy (non-hydrogen) atoms. The fourth-order valence-electron chi connectivity index (χ4n) is 4.25. The van der Waals surface area contributed by atoms with Crippen LogP contribution in [0.1, 0.15) is 64.2 Å². The predicted octanol–water partition coefficient (Wildman–Crippen LogP) is 4.21. The lowest BCUT2D eigenvalue weighted by Gasteiger charge is -2.46. The first kappa shape index (κ1) is 12.3. The summed E-state index contributed by atoms with van der Waals surface area (Å²) in [5.74, 6) is 1.64. The summed E-state index contributed by atoms with van der Waals surface area (Å²) in [4.78, 5) is 0. The SMILES string of the molecule is SC1CC2CCCCC2OC1C1CCCCC1. The van der Waals surface area contributed by atoms with E-state index in [1.54, 1.807) is 0 Å². The van der Waals surface area contributed by atoms with E-state index in [4.69, 9.17) is 17.4 Å². The number of hydrogen-bond donors (Lipinski definition) is 1. The van der Waals surface area contributed by atoms with Crippen molar-refractivity contribution < 1.29 is 4.74 Å². The molecule has 2 aliphatic carbocycles. The third-order valence-electron chi connectivity index (χ3n) is 5.21. The van der Waals surface area contributed by atoms with Crippen molar-refractivity contribution in [3.05, 3.63) is 0 Å². The molecular formula is C15H26OS. The Morgan fingerprint density at radius 3 is 2.24 bits per heavy atom. The average molecular weight is 254 g/mol. The molecule has 1 saturated heterocycles. The van der Waals surface area contributed by atoms with Gasteiger partial charge in [0.05, 0.1) is 12.2 Å². The maximum absolute atomic E-state index is 6.47. The average Bonchev–Trinajstić information content (AvgIpc) is 2.39. The first-order valence-electron chi connectivity index (χ1n) is 7.68. The Bertz CT molecular complexity index is 249. The monoisotopic (exact) mass is 254 g/mol. The topological polar surface area (TPSA) is 9.23 Å². The lowest BCUT2D eigenvalue weighted by atomic mass is 9.76. The van der Waals surface area contributed by atoms with Crippen LogP contribution in [0, 0.1) is 11.8 Å². The van der Waals surface area contributed by atoms with Crippen molar-refractivity contribution in [2.45, 2.75) is 81.7 Å². The van der Waals surface area contributed by atoms with Crippen LogP contribution < -0.4 is 0 Å². The van der Waals surface area contributed by atoms with Crippen molar-refractivity contribution >= 4 is 12.6 Å². The molecular weight excluding hydrogens is 228 g/mol. The van der Waals surface area contributed by atoms with E-state index >= 15 is 0 Å². The van der Waals surface area contributed by atoms with Gasteiger partial charge in [-0.25, -0.2) is 0 Å². The number of rotatable bonds is 1. The van der Waals surface area contributed by atoms with Crippen molar-refractivity contribution in [3.8, 4) is 0 Å². The van der Waals surface area contributed by atoms with Crippen LogP contribution in [0.5, 0.6) is 0 Å². The van der Waals surface area contributed by atoms with Gasteiger partial charge in [-0.15, -0.1) is 0 Å². The molecule has 4 unspecified atom stereocenters. The number of hydrogen-bond acceptors (Lipinski definition) is 2. The maximum atomic E-state index is 6.47. The Labute approximate surface area is 111 Å². The Morgan fingerprint density at radius 1 is 0.765 bits per heavy atom. The van der Waals surface area contributed by atoms with Crippen LogP contribution in [0.2, 0.25) is 0 Å². The molecule has 0 spiro atoms. The van der Waals surface area contributed by atoms with Crippen molar-refractivity contribution in [1.82, 2.24) is 0 Å². The van der Waals surface area contributed by atoms with Crippen molar-refractivity contribution in [3.63, 3.8) is 0 Å². The van der Waals surface area contributed by atoms with Gasteiger partial charge < -0.3 is 4.74 Å². The van der Waals surface area contributed by atoms with Gasteiger partial charge in [0.25, 0.3) is 0 Å². The molecule has 0 N–H and O–H groups in total. The van der Waals surface area contributed by atoms with Crippen LogP contribution >= 0.6 is 12.6 Å². The van der Waals surface area contributed by atoms with Gasteiger partial charge in [0.1, 0.15) is 0 Å². The Hall–Kier alpha value is 0.310. The van der Waals surface area contributed by atoms with Crippen LogP contribution in [-0.4, -0.2) is 17.5 Å². The smallest absolute Gasteiger partial charge is 0.0723 e. The highest BCUT2D eigenvalue weighted by Crippen LogP contribution is 2.42. The maximum Gasteiger partial charge on any atom is 0.0723 e. The Balaban J connectivity index is 1.64. The second-order valence-corrected chi connectivity index (χ2v) is 7.05. The van der Waals surface area contributed by atoms with Crippen LogP contribution in [0.25, 0.3) is 0 Å². The van der Waals surface area contributed by atoms with Gasteiger partial charge >= 0.3 is 0 Å². The van der Waals surface area contributed by atoms with E-state index < -0.39 is 0 Å². The zero-order chi connectivity index (χ0) is 11.7. The Kier molecular flexibility index (Phi) is 4.01. The summed E-state index contributed by atoms with van der Waals surface area (Å²) in [6, 6.07) is 0. The molecule has 2 heteroatoms. The molecule has 0 amide bonds. The summed E-state index contributed by atoms with van der Waals surface area (Å²) >= 11 is 4.86. The highest BCUT2D eigenvalue weighted by atomic mass is 32.1. The van der Waals surface area contributed by atoms with Gasteiger partial charge in [-0.05, 0) is 43.9 Å². The molecule has 0 aromatic rings. The highest BCUT2D eigenvalue weighted by Gasteiger charge is 2.40. The quantitative estimate of drug-likeness (QED) is 0.690. The molecule has 0 aromatic heterocycles. The number of ether oxygens (including phenoxy) is 1. The van der Waals surface area contributed by atoms with Crippen LogP contribution in [-0.2, 0) is 4.74 Å².